The van der Waals surface area contributed by atoms with Crippen molar-refractivity contribution in [1.29, 1.82) is 0 Å². The Hall–Kier alpha value is -0.230. The predicted molar refractivity (Wildman–Crippen MR) is 63.8 cm³/mol. The smallest absolute Gasteiger partial charge is 0.263 e. The molecule has 0 aliphatic carbocycles. The van der Waals surface area contributed by atoms with Gasteiger partial charge in [0.1, 0.15) is 0 Å². The summed E-state index contributed by atoms with van der Waals surface area (Å²) in [6.45, 7) is 1.52. The van der Waals surface area contributed by atoms with Crippen LogP contribution in [0.4, 0.5) is 8.78 Å². The normalized spacial score (nSPS) is 12.9. The molecule has 0 aliphatic rings. The number of carbonyl (C=O) groups is 1. The van der Waals surface area contributed by atoms with Crippen LogP contribution in [-0.4, -0.2) is 11.2 Å². The fourth-order valence-corrected chi connectivity index (χ4v) is 1.80. The maximum atomic E-state index is 12.4. The van der Waals surface area contributed by atoms with Crippen LogP contribution in [-0.2, 0) is 0 Å². The Morgan fingerprint density at radius 3 is 2.53 bits per heavy atom. The van der Waals surface area contributed by atoms with Crippen molar-refractivity contribution in [3.63, 3.8) is 0 Å². The molecule has 0 spiro atoms. The summed E-state index contributed by atoms with van der Waals surface area (Å²) in [5.74, 6) is -0.330. The summed E-state index contributed by atoms with van der Waals surface area (Å²) in [7, 11) is 0. The van der Waals surface area contributed by atoms with Crippen LogP contribution in [0.25, 0.3) is 0 Å². The van der Waals surface area contributed by atoms with Gasteiger partial charge in [-0.05, 0) is 41.6 Å². The second-order valence-electron chi connectivity index (χ2n) is 3.02. The van der Waals surface area contributed by atoms with Gasteiger partial charge in [0.2, 0.25) is 0 Å². The summed E-state index contributed by atoms with van der Waals surface area (Å²) >= 11 is 7.55. The van der Waals surface area contributed by atoms with E-state index in [0.29, 0.717) is 3.57 Å². The first-order chi connectivity index (χ1) is 6.93. The Morgan fingerprint density at radius 2 is 2.07 bits per heavy atom. The summed E-state index contributed by atoms with van der Waals surface area (Å²) in [4.78, 5) is 11.6. The standard InChI is InChI=1S/C10H8ClF2IO/c1-5(11)9(15)7-4-6(10(12)13)2-3-8(7)14/h2-5,10H,1H3. The SMILES string of the molecule is CC(Cl)C(=O)c1cc(C(F)F)ccc1I. The zero-order valence-corrected chi connectivity index (χ0v) is 10.7. The molecule has 15 heavy (non-hydrogen) atoms. The van der Waals surface area contributed by atoms with Crippen LogP contribution in [0, 0.1) is 3.57 Å². The number of Topliss-reactive ketones (excluding diaryl/α,β-unsaturated/α-hetero) is 1. The van der Waals surface area contributed by atoms with Crippen molar-refractivity contribution in [2.45, 2.75) is 18.7 Å². The van der Waals surface area contributed by atoms with Gasteiger partial charge in [0.15, 0.2) is 5.78 Å². The Balaban J connectivity index is 3.16. The third-order valence-electron chi connectivity index (χ3n) is 1.87. The molecule has 1 atom stereocenters. The number of alkyl halides is 3. The molecule has 0 amide bonds. The number of hydrogen-bond acceptors (Lipinski definition) is 1. The van der Waals surface area contributed by atoms with Gasteiger partial charge in [0.05, 0.1) is 5.38 Å². The largest absolute Gasteiger partial charge is 0.292 e. The van der Waals surface area contributed by atoms with E-state index in [1.165, 1.54) is 25.1 Å². The molecule has 1 unspecified atom stereocenters. The Kier molecular flexibility index (Phi) is 4.45. The zero-order valence-electron chi connectivity index (χ0n) is 7.81. The number of hydrogen-bond donors (Lipinski definition) is 0. The fraction of sp³-hybridized carbons (Fsp3) is 0.300. The van der Waals surface area contributed by atoms with Crippen LogP contribution in [0.2, 0.25) is 0 Å². The van der Waals surface area contributed by atoms with E-state index in [2.05, 4.69) is 0 Å². The van der Waals surface area contributed by atoms with Crippen LogP contribution in [0.3, 0.4) is 0 Å². The van der Waals surface area contributed by atoms with Crippen molar-refractivity contribution in [3.8, 4) is 0 Å². The molecule has 82 valence electrons. The number of halogens is 4. The van der Waals surface area contributed by atoms with E-state index >= 15 is 0 Å². The molecule has 0 N–H and O–H groups in total. The molecule has 0 aromatic heterocycles. The lowest BCUT2D eigenvalue weighted by atomic mass is 10.1. The van der Waals surface area contributed by atoms with E-state index in [-0.39, 0.29) is 16.9 Å². The van der Waals surface area contributed by atoms with E-state index < -0.39 is 11.8 Å². The first-order valence-electron chi connectivity index (χ1n) is 4.19. The number of rotatable bonds is 3. The van der Waals surface area contributed by atoms with Crippen LogP contribution in [0.1, 0.15) is 29.3 Å². The van der Waals surface area contributed by atoms with E-state index in [4.69, 9.17) is 11.6 Å². The van der Waals surface area contributed by atoms with Gasteiger partial charge in [-0.15, -0.1) is 11.6 Å². The maximum absolute atomic E-state index is 12.4. The van der Waals surface area contributed by atoms with Crippen LogP contribution in [0.15, 0.2) is 18.2 Å². The molecule has 0 heterocycles. The molecule has 0 fully saturated rings. The molecule has 0 saturated heterocycles. The average molecular weight is 345 g/mol. The van der Waals surface area contributed by atoms with Gasteiger partial charge in [-0.25, -0.2) is 8.78 Å². The van der Waals surface area contributed by atoms with Crippen molar-refractivity contribution in [2.24, 2.45) is 0 Å². The summed E-state index contributed by atoms with van der Waals surface area (Å²) in [5, 5.41) is -0.702. The molecular weight excluding hydrogens is 336 g/mol. The van der Waals surface area contributed by atoms with E-state index in [1.807, 2.05) is 22.6 Å². The first-order valence-corrected chi connectivity index (χ1v) is 5.71. The predicted octanol–water partition coefficient (Wildman–Crippen LogP) is 4.04. The van der Waals surface area contributed by atoms with Crippen molar-refractivity contribution in [1.82, 2.24) is 0 Å². The molecule has 1 aromatic carbocycles. The van der Waals surface area contributed by atoms with Crippen molar-refractivity contribution < 1.29 is 13.6 Å². The van der Waals surface area contributed by atoms with Gasteiger partial charge in [-0.2, -0.15) is 0 Å². The molecule has 5 heteroatoms. The minimum absolute atomic E-state index is 0.156. The number of benzene rings is 1. The summed E-state index contributed by atoms with van der Waals surface area (Å²) < 4.78 is 25.4. The van der Waals surface area contributed by atoms with Crippen molar-refractivity contribution >= 4 is 40.0 Å². The molecule has 1 aromatic rings. The minimum Gasteiger partial charge on any atom is -0.292 e. The molecule has 0 saturated carbocycles. The lowest BCUT2D eigenvalue weighted by Gasteiger charge is -2.07. The van der Waals surface area contributed by atoms with Gasteiger partial charge in [0.25, 0.3) is 6.43 Å². The molecule has 0 radical (unpaired) electrons. The maximum Gasteiger partial charge on any atom is 0.263 e. The molecule has 0 aliphatic heterocycles. The highest BCUT2D eigenvalue weighted by atomic mass is 127. The fourth-order valence-electron chi connectivity index (χ4n) is 1.08. The Labute approximate surface area is 105 Å². The summed E-state index contributed by atoms with van der Waals surface area (Å²) in [6, 6.07) is 4.00. The van der Waals surface area contributed by atoms with E-state index in [9.17, 15) is 13.6 Å². The Bertz CT molecular complexity index is 380. The van der Waals surface area contributed by atoms with Gasteiger partial charge in [-0.3, -0.25) is 4.79 Å². The summed E-state index contributed by atoms with van der Waals surface area (Å²) in [6.07, 6.45) is -2.57. The third-order valence-corrected chi connectivity index (χ3v) is 3.01. The second-order valence-corrected chi connectivity index (χ2v) is 4.84. The minimum atomic E-state index is -2.57. The van der Waals surface area contributed by atoms with Crippen LogP contribution >= 0.6 is 34.2 Å². The molecular formula is C10H8ClF2IO. The topological polar surface area (TPSA) is 17.1 Å². The number of carbonyl (C=O) groups excluding carboxylic acids is 1. The zero-order chi connectivity index (χ0) is 11.6. The lowest BCUT2D eigenvalue weighted by molar-refractivity contribution is 0.0990. The van der Waals surface area contributed by atoms with Gasteiger partial charge in [0, 0.05) is 14.7 Å². The highest BCUT2D eigenvalue weighted by Crippen LogP contribution is 2.24. The van der Waals surface area contributed by atoms with Crippen molar-refractivity contribution in [3.05, 3.63) is 32.9 Å². The van der Waals surface area contributed by atoms with E-state index in [0.717, 1.165) is 0 Å². The Morgan fingerprint density at radius 1 is 1.47 bits per heavy atom. The molecule has 1 nitrogen and oxygen atoms in total. The van der Waals surface area contributed by atoms with Gasteiger partial charge >= 0.3 is 0 Å². The quantitative estimate of drug-likeness (QED) is 0.459. The third kappa shape index (κ3) is 3.11. The average Bonchev–Trinajstić information content (AvgIpc) is 2.16. The molecule has 0 bridgehead atoms. The van der Waals surface area contributed by atoms with Crippen molar-refractivity contribution in [2.75, 3.05) is 0 Å². The monoisotopic (exact) mass is 344 g/mol. The van der Waals surface area contributed by atoms with Gasteiger partial charge in [-0.1, -0.05) is 6.07 Å². The van der Waals surface area contributed by atoms with Gasteiger partial charge < -0.3 is 0 Å². The first kappa shape index (κ1) is 12.8. The molecule has 1 rings (SSSR count). The summed E-state index contributed by atoms with van der Waals surface area (Å²) in [5.41, 5.74) is 0.104. The highest BCUT2D eigenvalue weighted by Gasteiger charge is 2.18. The highest BCUT2D eigenvalue weighted by molar-refractivity contribution is 14.1. The second kappa shape index (κ2) is 5.21. The number of ketones is 1. The lowest BCUT2D eigenvalue weighted by Crippen LogP contribution is -2.12. The van der Waals surface area contributed by atoms with Crippen LogP contribution < -0.4 is 0 Å². The van der Waals surface area contributed by atoms with E-state index in [1.54, 1.807) is 0 Å². The van der Waals surface area contributed by atoms with Crippen LogP contribution in [0.5, 0.6) is 0 Å².